The highest BCUT2D eigenvalue weighted by Gasteiger charge is 2.19. The van der Waals surface area contributed by atoms with Gasteiger partial charge in [0.1, 0.15) is 0 Å². The average molecular weight is 269 g/mol. The molecule has 0 bridgehead atoms. The van der Waals surface area contributed by atoms with Crippen LogP contribution in [0.3, 0.4) is 0 Å². The second kappa shape index (κ2) is 5.89. The number of amidine groups is 1. The maximum atomic E-state index is 4.72. The molecule has 96 valence electrons. The smallest absolute Gasteiger partial charge is 0.164 e. The van der Waals surface area contributed by atoms with Gasteiger partial charge in [0.25, 0.3) is 0 Å². The Morgan fingerprint density at radius 2 is 2.05 bits per heavy atom. The van der Waals surface area contributed by atoms with Crippen molar-refractivity contribution in [2.45, 2.75) is 6.54 Å². The number of aliphatic imine (C=N–C) groups is 1. The Hall–Kier alpha value is -1.81. The minimum absolute atomic E-state index is 0.881. The standard InChI is InChI=1S/C15H15N3S/c1-2-6-14(7-3-1)17-15-18(9-10-19-15)12-13-5-4-8-16-11-13/h1-8,11H,9-10,12H2. The highest BCUT2D eigenvalue weighted by Crippen LogP contribution is 2.23. The van der Waals surface area contributed by atoms with Gasteiger partial charge in [0.15, 0.2) is 5.17 Å². The highest BCUT2D eigenvalue weighted by molar-refractivity contribution is 8.14. The molecule has 0 N–H and O–H groups in total. The van der Waals surface area contributed by atoms with E-state index in [1.54, 1.807) is 6.20 Å². The number of aromatic nitrogens is 1. The fourth-order valence-electron chi connectivity index (χ4n) is 2.01. The molecule has 0 amide bonds. The van der Waals surface area contributed by atoms with Gasteiger partial charge in [0, 0.05) is 31.2 Å². The summed E-state index contributed by atoms with van der Waals surface area (Å²) in [6.07, 6.45) is 3.73. The fourth-order valence-corrected chi connectivity index (χ4v) is 3.01. The quantitative estimate of drug-likeness (QED) is 0.855. The van der Waals surface area contributed by atoms with Crippen molar-refractivity contribution in [3.05, 3.63) is 60.4 Å². The van der Waals surface area contributed by atoms with Crippen molar-refractivity contribution in [1.29, 1.82) is 0 Å². The lowest BCUT2D eigenvalue weighted by Crippen LogP contribution is -2.23. The van der Waals surface area contributed by atoms with E-state index in [2.05, 4.69) is 16.0 Å². The van der Waals surface area contributed by atoms with E-state index >= 15 is 0 Å². The summed E-state index contributed by atoms with van der Waals surface area (Å²) in [5.41, 5.74) is 2.24. The first-order valence-corrected chi connectivity index (χ1v) is 7.31. The molecule has 1 aliphatic rings. The first-order valence-electron chi connectivity index (χ1n) is 6.32. The summed E-state index contributed by atoms with van der Waals surface area (Å²) in [7, 11) is 0. The second-order valence-electron chi connectivity index (χ2n) is 4.36. The third-order valence-electron chi connectivity index (χ3n) is 2.94. The number of rotatable bonds is 3. The van der Waals surface area contributed by atoms with Gasteiger partial charge in [0.2, 0.25) is 0 Å². The van der Waals surface area contributed by atoms with Gasteiger partial charge in [-0.1, -0.05) is 36.0 Å². The molecule has 3 rings (SSSR count). The van der Waals surface area contributed by atoms with Gasteiger partial charge in [-0.2, -0.15) is 0 Å². The topological polar surface area (TPSA) is 28.5 Å². The second-order valence-corrected chi connectivity index (χ2v) is 5.42. The molecule has 1 saturated heterocycles. The van der Waals surface area contributed by atoms with Crippen LogP contribution in [0.1, 0.15) is 5.56 Å². The summed E-state index contributed by atoms with van der Waals surface area (Å²) in [5.74, 6) is 1.10. The predicted molar refractivity (Wildman–Crippen MR) is 80.6 cm³/mol. The number of para-hydroxylation sites is 1. The summed E-state index contributed by atoms with van der Waals surface area (Å²) in [6, 6.07) is 14.2. The molecule has 0 unspecified atom stereocenters. The largest absolute Gasteiger partial charge is 0.346 e. The lowest BCUT2D eigenvalue weighted by molar-refractivity contribution is 0.456. The molecule has 0 atom stereocenters. The van der Waals surface area contributed by atoms with Gasteiger partial charge in [0.05, 0.1) is 5.69 Å². The molecule has 2 aromatic rings. The molecule has 2 heterocycles. The van der Waals surface area contributed by atoms with Crippen LogP contribution in [-0.4, -0.2) is 27.3 Å². The SMILES string of the molecule is c1ccc(N=C2SCCN2Cc2cccnc2)cc1. The van der Waals surface area contributed by atoms with Crippen molar-refractivity contribution >= 4 is 22.6 Å². The van der Waals surface area contributed by atoms with Crippen molar-refractivity contribution in [2.75, 3.05) is 12.3 Å². The molecule has 1 aromatic heterocycles. The van der Waals surface area contributed by atoms with Crippen LogP contribution in [0.25, 0.3) is 0 Å². The van der Waals surface area contributed by atoms with Gasteiger partial charge in [-0.25, -0.2) is 4.99 Å². The molecule has 1 aromatic carbocycles. The van der Waals surface area contributed by atoms with E-state index in [0.29, 0.717) is 0 Å². The first kappa shape index (κ1) is 12.2. The lowest BCUT2D eigenvalue weighted by atomic mass is 10.3. The lowest BCUT2D eigenvalue weighted by Gasteiger charge is -2.17. The predicted octanol–water partition coefficient (Wildman–Crippen LogP) is 3.32. The molecular formula is C15H15N3S. The molecule has 1 aliphatic heterocycles. The van der Waals surface area contributed by atoms with Gasteiger partial charge < -0.3 is 4.90 Å². The number of nitrogens with zero attached hydrogens (tertiary/aromatic N) is 3. The van der Waals surface area contributed by atoms with Crippen LogP contribution >= 0.6 is 11.8 Å². The zero-order valence-corrected chi connectivity index (χ0v) is 11.4. The Kier molecular flexibility index (Phi) is 3.79. The van der Waals surface area contributed by atoms with E-state index in [9.17, 15) is 0 Å². The molecule has 0 radical (unpaired) electrons. The fraction of sp³-hybridized carbons (Fsp3) is 0.200. The minimum atomic E-state index is 0.881. The first-order chi connectivity index (χ1) is 9.42. The van der Waals surface area contributed by atoms with Crippen molar-refractivity contribution in [1.82, 2.24) is 9.88 Å². The minimum Gasteiger partial charge on any atom is -0.346 e. The van der Waals surface area contributed by atoms with Crippen LogP contribution in [0.2, 0.25) is 0 Å². The van der Waals surface area contributed by atoms with Crippen LogP contribution in [-0.2, 0) is 6.54 Å². The Morgan fingerprint density at radius 1 is 1.16 bits per heavy atom. The molecule has 3 nitrogen and oxygen atoms in total. The van der Waals surface area contributed by atoms with Crippen LogP contribution in [0.4, 0.5) is 5.69 Å². The zero-order valence-electron chi connectivity index (χ0n) is 10.6. The number of hydrogen-bond acceptors (Lipinski definition) is 3. The summed E-state index contributed by atoms with van der Waals surface area (Å²) in [6.45, 7) is 1.93. The van der Waals surface area contributed by atoms with E-state index in [1.807, 2.05) is 54.4 Å². The summed E-state index contributed by atoms with van der Waals surface area (Å²) < 4.78 is 0. The molecular weight excluding hydrogens is 254 g/mol. The Bertz CT molecular complexity index is 554. The van der Waals surface area contributed by atoms with E-state index in [-0.39, 0.29) is 0 Å². The van der Waals surface area contributed by atoms with E-state index in [4.69, 9.17) is 4.99 Å². The normalized spacial score (nSPS) is 17.1. The molecule has 0 spiro atoms. The number of pyridine rings is 1. The van der Waals surface area contributed by atoms with Crippen LogP contribution < -0.4 is 0 Å². The third kappa shape index (κ3) is 3.15. The summed E-state index contributed by atoms with van der Waals surface area (Å²) >= 11 is 1.82. The number of benzene rings is 1. The molecule has 4 heteroatoms. The van der Waals surface area contributed by atoms with E-state index < -0.39 is 0 Å². The van der Waals surface area contributed by atoms with Crippen LogP contribution in [0.15, 0.2) is 59.9 Å². The number of hydrogen-bond donors (Lipinski definition) is 0. The third-order valence-corrected chi connectivity index (χ3v) is 3.93. The average Bonchev–Trinajstić information content (AvgIpc) is 2.88. The Morgan fingerprint density at radius 3 is 2.84 bits per heavy atom. The van der Waals surface area contributed by atoms with Crippen molar-refractivity contribution in [3.8, 4) is 0 Å². The molecule has 1 fully saturated rings. The molecule has 19 heavy (non-hydrogen) atoms. The molecule has 0 saturated carbocycles. The Labute approximate surface area is 117 Å². The van der Waals surface area contributed by atoms with Gasteiger partial charge in [-0.3, -0.25) is 4.98 Å². The highest BCUT2D eigenvalue weighted by atomic mass is 32.2. The summed E-state index contributed by atoms with van der Waals surface area (Å²) in [4.78, 5) is 11.2. The van der Waals surface area contributed by atoms with E-state index in [1.165, 1.54) is 5.56 Å². The van der Waals surface area contributed by atoms with Crippen molar-refractivity contribution in [3.63, 3.8) is 0 Å². The maximum absolute atomic E-state index is 4.72. The van der Waals surface area contributed by atoms with Crippen LogP contribution in [0.5, 0.6) is 0 Å². The Balaban J connectivity index is 1.77. The maximum Gasteiger partial charge on any atom is 0.164 e. The molecule has 0 aliphatic carbocycles. The van der Waals surface area contributed by atoms with Gasteiger partial charge >= 0.3 is 0 Å². The van der Waals surface area contributed by atoms with Gasteiger partial charge in [-0.15, -0.1) is 0 Å². The monoisotopic (exact) mass is 269 g/mol. The van der Waals surface area contributed by atoms with Crippen molar-refractivity contribution in [2.24, 2.45) is 4.99 Å². The zero-order chi connectivity index (χ0) is 12.9. The van der Waals surface area contributed by atoms with E-state index in [0.717, 1.165) is 29.7 Å². The van der Waals surface area contributed by atoms with Crippen molar-refractivity contribution < 1.29 is 0 Å². The summed E-state index contributed by atoms with van der Waals surface area (Å²) in [5, 5.41) is 1.11. The van der Waals surface area contributed by atoms with Gasteiger partial charge in [-0.05, 0) is 23.8 Å². The van der Waals surface area contributed by atoms with Crippen LogP contribution in [0, 0.1) is 0 Å². The number of thioether (sulfide) groups is 1.